The summed E-state index contributed by atoms with van der Waals surface area (Å²) >= 11 is 2.55. The lowest BCUT2D eigenvalue weighted by atomic mass is 9.87. The molecule has 0 atom stereocenters. The third-order valence-corrected chi connectivity index (χ3v) is 7.58. The van der Waals surface area contributed by atoms with Gasteiger partial charge in [0.1, 0.15) is 11.6 Å². The molecule has 0 amide bonds. The summed E-state index contributed by atoms with van der Waals surface area (Å²) in [5, 5.41) is 16.4. The minimum absolute atomic E-state index is 0.461. The van der Waals surface area contributed by atoms with Crippen molar-refractivity contribution in [3.05, 3.63) is 69.3 Å². The number of fused-ring (bicyclic) bond motifs is 1. The van der Waals surface area contributed by atoms with Crippen molar-refractivity contribution in [1.82, 2.24) is 23.9 Å². The lowest BCUT2D eigenvalue weighted by Crippen LogP contribution is -2.27. The Balaban J connectivity index is 1.69. The van der Waals surface area contributed by atoms with E-state index in [-0.39, 0.29) is 0 Å². The number of benzene rings is 1. The minimum atomic E-state index is -1.41. The van der Waals surface area contributed by atoms with E-state index in [4.69, 9.17) is 9.51 Å². The number of aromatic amines is 1. The summed E-state index contributed by atoms with van der Waals surface area (Å²) in [6.45, 7) is 3.83. The first-order chi connectivity index (χ1) is 15.1. The van der Waals surface area contributed by atoms with Crippen LogP contribution in [0.5, 0.6) is 0 Å². The summed E-state index contributed by atoms with van der Waals surface area (Å²) in [6, 6.07) is 7.79. The zero-order valence-electron chi connectivity index (χ0n) is 16.9. The normalized spacial score (nSPS) is 14.5. The second-order valence-electron chi connectivity index (χ2n) is 7.98. The second-order valence-corrected chi connectivity index (χ2v) is 9.65. The maximum Gasteiger partial charge on any atom is 0.164 e. The first-order valence-electron chi connectivity index (χ1n) is 10.1. The summed E-state index contributed by atoms with van der Waals surface area (Å²) in [7, 11) is 0. The van der Waals surface area contributed by atoms with Crippen LogP contribution in [-0.2, 0) is 5.60 Å². The Bertz CT molecular complexity index is 1330. The van der Waals surface area contributed by atoms with Crippen LogP contribution in [0, 0.1) is 13.8 Å². The molecule has 2 N–H and O–H groups in total. The van der Waals surface area contributed by atoms with Crippen LogP contribution in [0.1, 0.15) is 51.4 Å². The van der Waals surface area contributed by atoms with Gasteiger partial charge in [0.05, 0.1) is 26.5 Å². The van der Waals surface area contributed by atoms with Gasteiger partial charge < -0.3 is 14.6 Å². The van der Waals surface area contributed by atoms with Crippen LogP contribution >= 0.6 is 23.1 Å². The lowest BCUT2D eigenvalue weighted by molar-refractivity contribution is 0.135. The molecule has 6 rings (SSSR count). The standard InChI is InChI=1S/C22H19N5O2S2/c1-11-19(12(2)29-27-11)14-9-15(20-16(10-14)25-21(26-20)13-3-4-13)22(28,17-5-7-23-30-17)18-6-8-24-31-18/h5-10,13,28H,3-4H2,1-2H3,(H,25,26). The van der Waals surface area contributed by atoms with Crippen LogP contribution in [0.3, 0.4) is 0 Å². The van der Waals surface area contributed by atoms with E-state index in [9.17, 15) is 5.11 Å². The molecular weight excluding hydrogens is 430 g/mol. The van der Waals surface area contributed by atoms with Gasteiger partial charge in [-0.25, -0.2) is 13.7 Å². The summed E-state index contributed by atoms with van der Waals surface area (Å²) in [6.07, 6.45) is 5.70. The van der Waals surface area contributed by atoms with Crippen LogP contribution in [0.2, 0.25) is 0 Å². The molecule has 1 fully saturated rings. The van der Waals surface area contributed by atoms with Crippen molar-refractivity contribution >= 4 is 34.1 Å². The largest absolute Gasteiger partial charge is 0.374 e. The zero-order valence-corrected chi connectivity index (χ0v) is 18.5. The number of rotatable bonds is 5. The molecule has 4 heterocycles. The number of aryl methyl sites for hydroxylation is 2. The average molecular weight is 450 g/mol. The predicted molar refractivity (Wildman–Crippen MR) is 119 cm³/mol. The quantitative estimate of drug-likeness (QED) is 0.395. The third kappa shape index (κ3) is 2.88. The Morgan fingerprint density at radius 3 is 2.35 bits per heavy atom. The van der Waals surface area contributed by atoms with Crippen molar-refractivity contribution in [2.24, 2.45) is 0 Å². The van der Waals surface area contributed by atoms with Crippen molar-refractivity contribution in [1.29, 1.82) is 0 Å². The molecule has 1 saturated carbocycles. The number of hydrogen-bond acceptors (Lipinski definition) is 8. The van der Waals surface area contributed by atoms with E-state index in [2.05, 4.69) is 25.0 Å². The number of aliphatic hydroxyl groups is 1. The number of nitrogens with zero attached hydrogens (tertiary/aromatic N) is 4. The van der Waals surface area contributed by atoms with E-state index in [1.165, 1.54) is 23.1 Å². The van der Waals surface area contributed by atoms with Gasteiger partial charge in [-0.1, -0.05) is 5.16 Å². The number of imidazole rings is 1. The summed E-state index contributed by atoms with van der Waals surface area (Å²) in [4.78, 5) is 9.90. The molecule has 0 saturated heterocycles. The highest BCUT2D eigenvalue weighted by Gasteiger charge is 2.40. The van der Waals surface area contributed by atoms with Crippen LogP contribution in [0.25, 0.3) is 22.2 Å². The van der Waals surface area contributed by atoms with Crippen molar-refractivity contribution < 1.29 is 9.63 Å². The molecule has 1 aliphatic carbocycles. The van der Waals surface area contributed by atoms with Gasteiger partial charge in [-0.2, -0.15) is 0 Å². The summed E-state index contributed by atoms with van der Waals surface area (Å²) in [5.74, 6) is 2.18. The zero-order chi connectivity index (χ0) is 21.2. The molecule has 7 nitrogen and oxygen atoms in total. The number of H-pyrrole nitrogens is 1. The Labute approximate surface area is 186 Å². The third-order valence-electron chi connectivity index (χ3n) is 5.87. The molecule has 9 heteroatoms. The predicted octanol–water partition coefficient (Wildman–Crippen LogP) is 4.91. The van der Waals surface area contributed by atoms with E-state index >= 15 is 0 Å². The van der Waals surface area contributed by atoms with Gasteiger partial charge in [0, 0.05) is 29.4 Å². The highest BCUT2D eigenvalue weighted by molar-refractivity contribution is 7.07. The van der Waals surface area contributed by atoms with Crippen LogP contribution < -0.4 is 0 Å². The molecule has 4 aromatic heterocycles. The van der Waals surface area contributed by atoms with Crippen molar-refractivity contribution in [2.75, 3.05) is 0 Å². The van der Waals surface area contributed by atoms with E-state index in [0.717, 1.165) is 62.0 Å². The maximum absolute atomic E-state index is 12.3. The van der Waals surface area contributed by atoms with Crippen LogP contribution in [0.15, 0.2) is 41.2 Å². The Hall–Kier alpha value is -2.88. The average Bonchev–Trinajstić information content (AvgIpc) is 3.24. The smallest absolute Gasteiger partial charge is 0.164 e. The topological polar surface area (TPSA) is 101 Å². The highest BCUT2D eigenvalue weighted by Crippen LogP contribution is 2.46. The Morgan fingerprint density at radius 2 is 1.81 bits per heavy atom. The van der Waals surface area contributed by atoms with Crippen molar-refractivity contribution in [2.45, 2.75) is 38.2 Å². The van der Waals surface area contributed by atoms with Crippen molar-refractivity contribution in [3.8, 4) is 11.1 Å². The summed E-state index contributed by atoms with van der Waals surface area (Å²) < 4.78 is 14.0. The highest BCUT2D eigenvalue weighted by atomic mass is 32.1. The molecule has 0 aliphatic heterocycles. The molecule has 5 aromatic rings. The molecule has 31 heavy (non-hydrogen) atoms. The lowest BCUT2D eigenvalue weighted by Gasteiger charge is -2.26. The second kappa shape index (κ2) is 6.81. The first kappa shape index (κ1) is 18.9. The molecule has 0 unspecified atom stereocenters. The first-order valence-corrected chi connectivity index (χ1v) is 11.6. The maximum atomic E-state index is 12.3. The van der Waals surface area contributed by atoms with Gasteiger partial charge in [0.25, 0.3) is 0 Å². The molecule has 0 bridgehead atoms. The molecule has 0 spiro atoms. The van der Waals surface area contributed by atoms with Gasteiger partial charge >= 0.3 is 0 Å². The van der Waals surface area contributed by atoms with Gasteiger partial charge in [-0.15, -0.1) is 0 Å². The van der Waals surface area contributed by atoms with Gasteiger partial charge in [0.2, 0.25) is 0 Å². The number of aromatic nitrogens is 5. The van der Waals surface area contributed by atoms with Gasteiger partial charge in [-0.3, -0.25) is 0 Å². The van der Waals surface area contributed by atoms with Crippen LogP contribution in [0.4, 0.5) is 0 Å². The van der Waals surface area contributed by atoms with E-state index < -0.39 is 5.60 Å². The van der Waals surface area contributed by atoms with E-state index in [0.29, 0.717) is 11.5 Å². The number of nitrogens with one attached hydrogen (secondary N) is 1. The molecular formula is C22H19N5O2S2. The van der Waals surface area contributed by atoms with Crippen LogP contribution in [-0.4, -0.2) is 29.0 Å². The van der Waals surface area contributed by atoms with Gasteiger partial charge in [-0.05, 0) is 79.6 Å². The fraction of sp³-hybridized carbons (Fsp3) is 0.273. The molecule has 156 valence electrons. The van der Waals surface area contributed by atoms with Gasteiger partial charge in [0.15, 0.2) is 5.60 Å². The Kier molecular flexibility index (Phi) is 4.14. The SMILES string of the molecule is Cc1noc(C)c1-c1cc(C(O)(c2ccns2)c2ccns2)c2nc(C3CC3)[nH]c2c1. The fourth-order valence-corrected chi connectivity index (χ4v) is 5.68. The monoisotopic (exact) mass is 449 g/mol. The minimum Gasteiger partial charge on any atom is -0.374 e. The van der Waals surface area contributed by atoms with E-state index in [1.807, 2.05) is 32.0 Å². The molecule has 0 radical (unpaired) electrons. The Morgan fingerprint density at radius 1 is 1.10 bits per heavy atom. The van der Waals surface area contributed by atoms with Crippen molar-refractivity contribution in [3.63, 3.8) is 0 Å². The fourth-order valence-electron chi connectivity index (χ4n) is 4.19. The summed E-state index contributed by atoms with van der Waals surface area (Å²) in [5.41, 5.74) is 3.62. The number of hydrogen-bond donors (Lipinski definition) is 2. The molecule has 1 aliphatic rings. The van der Waals surface area contributed by atoms with E-state index in [1.54, 1.807) is 12.4 Å². The molecule has 1 aromatic carbocycles.